The van der Waals surface area contributed by atoms with E-state index in [9.17, 15) is 10.2 Å². The van der Waals surface area contributed by atoms with Gasteiger partial charge in [-0.05, 0) is 0 Å². The third-order valence-corrected chi connectivity index (χ3v) is 3.24. The summed E-state index contributed by atoms with van der Waals surface area (Å²) in [5.74, 6) is 0. The summed E-state index contributed by atoms with van der Waals surface area (Å²) in [6.45, 7) is 1.93. The smallest absolute Gasteiger partial charge is 0.187 e. The highest BCUT2D eigenvalue weighted by Crippen LogP contribution is 2.23. The zero-order valence-electron chi connectivity index (χ0n) is 12.8. The van der Waals surface area contributed by atoms with Crippen LogP contribution < -0.4 is 5.73 Å². The van der Waals surface area contributed by atoms with Gasteiger partial charge in [0.05, 0.1) is 39.6 Å². The molecule has 5 atom stereocenters. The Bertz CT molecular complexity index is 283. The molecule has 0 radical (unpaired) electrons. The SMILES string of the molecule is COC1C(O)[C@H](O)C(CO)O[C@@H]1OCCOCCOCCN. The summed E-state index contributed by atoms with van der Waals surface area (Å²) < 4.78 is 26.4. The lowest BCUT2D eigenvalue weighted by molar-refractivity contribution is -0.307. The summed E-state index contributed by atoms with van der Waals surface area (Å²) in [6.07, 6.45) is -5.09. The molecule has 3 unspecified atom stereocenters. The normalized spacial score (nSPS) is 32.3. The van der Waals surface area contributed by atoms with Gasteiger partial charge in [-0.3, -0.25) is 0 Å². The van der Waals surface area contributed by atoms with Gasteiger partial charge in [0.2, 0.25) is 0 Å². The fraction of sp³-hybridized carbons (Fsp3) is 1.00. The molecule has 1 aliphatic heterocycles. The molecule has 1 fully saturated rings. The Morgan fingerprint density at radius 1 is 1.00 bits per heavy atom. The minimum absolute atomic E-state index is 0.211. The Balaban J connectivity index is 2.24. The Morgan fingerprint density at radius 3 is 2.23 bits per heavy atom. The Labute approximate surface area is 129 Å². The maximum atomic E-state index is 9.93. The van der Waals surface area contributed by atoms with Crippen LogP contribution in [0, 0.1) is 0 Å². The van der Waals surface area contributed by atoms with Crippen LogP contribution in [0.25, 0.3) is 0 Å². The molecule has 1 heterocycles. The van der Waals surface area contributed by atoms with Crippen LogP contribution in [0.4, 0.5) is 0 Å². The zero-order chi connectivity index (χ0) is 16.4. The van der Waals surface area contributed by atoms with Crippen molar-refractivity contribution in [3.8, 4) is 0 Å². The fourth-order valence-corrected chi connectivity index (χ4v) is 2.07. The molecule has 1 rings (SSSR count). The van der Waals surface area contributed by atoms with Crippen LogP contribution in [0.2, 0.25) is 0 Å². The Hall–Kier alpha value is -0.360. The molecule has 0 saturated carbocycles. The number of hydrogen-bond acceptors (Lipinski definition) is 9. The van der Waals surface area contributed by atoms with Gasteiger partial charge in [-0.1, -0.05) is 0 Å². The molecule has 5 N–H and O–H groups in total. The number of ether oxygens (including phenoxy) is 5. The van der Waals surface area contributed by atoms with Crippen molar-refractivity contribution in [1.82, 2.24) is 0 Å². The third-order valence-electron chi connectivity index (χ3n) is 3.24. The van der Waals surface area contributed by atoms with Gasteiger partial charge in [-0.25, -0.2) is 0 Å². The van der Waals surface area contributed by atoms with Crippen LogP contribution in [-0.2, 0) is 23.7 Å². The Kier molecular flexibility index (Phi) is 10.0. The molecule has 0 bridgehead atoms. The van der Waals surface area contributed by atoms with Gasteiger partial charge in [0.25, 0.3) is 0 Å². The summed E-state index contributed by atoms with van der Waals surface area (Å²) in [5.41, 5.74) is 5.28. The van der Waals surface area contributed by atoms with E-state index in [-0.39, 0.29) is 6.61 Å². The number of hydrogen-bond donors (Lipinski definition) is 4. The number of methoxy groups -OCH3 is 1. The van der Waals surface area contributed by atoms with Crippen molar-refractivity contribution in [2.24, 2.45) is 5.73 Å². The predicted molar refractivity (Wildman–Crippen MR) is 75.2 cm³/mol. The zero-order valence-corrected chi connectivity index (χ0v) is 12.8. The van der Waals surface area contributed by atoms with Crippen molar-refractivity contribution in [2.75, 3.05) is 53.3 Å². The van der Waals surface area contributed by atoms with Crippen LogP contribution >= 0.6 is 0 Å². The topological polar surface area (TPSA) is 133 Å². The van der Waals surface area contributed by atoms with E-state index in [1.54, 1.807) is 0 Å². The van der Waals surface area contributed by atoms with E-state index in [2.05, 4.69) is 0 Å². The van der Waals surface area contributed by atoms with Gasteiger partial charge < -0.3 is 44.7 Å². The molecular formula is C13H27NO8. The summed E-state index contributed by atoms with van der Waals surface area (Å²) in [5, 5.41) is 28.8. The molecule has 1 aliphatic rings. The Morgan fingerprint density at radius 2 is 1.64 bits per heavy atom. The van der Waals surface area contributed by atoms with Gasteiger partial charge in [0, 0.05) is 13.7 Å². The summed E-state index contributed by atoms with van der Waals surface area (Å²) in [4.78, 5) is 0. The van der Waals surface area contributed by atoms with Crippen molar-refractivity contribution >= 4 is 0 Å². The average molecular weight is 325 g/mol. The maximum Gasteiger partial charge on any atom is 0.187 e. The molecule has 9 nitrogen and oxygen atoms in total. The molecule has 0 aromatic rings. The van der Waals surface area contributed by atoms with Crippen LogP contribution in [0.5, 0.6) is 0 Å². The van der Waals surface area contributed by atoms with Gasteiger partial charge in [-0.15, -0.1) is 0 Å². The van der Waals surface area contributed by atoms with E-state index >= 15 is 0 Å². The van der Waals surface area contributed by atoms with Gasteiger partial charge in [-0.2, -0.15) is 0 Å². The molecule has 132 valence electrons. The van der Waals surface area contributed by atoms with Crippen molar-refractivity contribution < 1.29 is 39.0 Å². The second-order valence-corrected chi connectivity index (χ2v) is 4.79. The van der Waals surface area contributed by atoms with Crippen molar-refractivity contribution in [1.29, 1.82) is 0 Å². The second-order valence-electron chi connectivity index (χ2n) is 4.79. The predicted octanol–water partition coefficient (Wildman–Crippen LogP) is -2.55. The lowest BCUT2D eigenvalue weighted by atomic mass is 9.99. The number of aliphatic hydroxyl groups is 3. The highest BCUT2D eigenvalue weighted by molar-refractivity contribution is 4.89. The van der Waals surface area contributed by atoms with E-state index in [1.165, 1.54) is 7.11 Å². The first kappa shape index (κ1) is 19.7. The standard InChI is InChI=1S/C13H27NO8/c1-18-12-11(17)10(16)9(8-15)22-13(12)21-7-6-20-5-4-19-3-2-14/h9-13,15-17H,2-8,14H2,1H3/t9?,10-,11?,12?,13+/m1/s1. The van der Waals surface area contributed by atoms with Crippen LogP contribution in [0.3, 0.4) is 0 Å². The lowest BCUT2D eigenvalue weighted by Crippen LogP contribution is -2.59. The van der Waals surface area contributed by atoms with E-state index < -0.39 is 37.3 Å². The minimum Gasteiger partial charge on any atom is -0.394 e. The molecule has 0 spiro atoms. The van der Waals surface area contributed by atoms with Crippen molar-refractivity contribution in [3.63, 3.8) is 0 Å². The van der Waals surface area contributed by atoms with Crippen LogP contribution in [0.15, 0.2) is 0 Å². The highest BCUT2D eigenvalue weighted by atomic mass is 16.7. The van der Waals surface area contributed by atoms with E-state index in [4.69, 9.17) is 34.5 Å². The summed E-state index contributed by atoms with van der Waals surface area (Å²) >= 11 is 0. The molecule has 0 aromatic heterocycles. The van der Waals surface area contributed by atoms with Gasteiger partial charge >= 0.3 is 0 Å². The first-order valence-electron chi connectivity index (χ1n) is 7.28. The number of aliphatic hydroxyl groups excluding tert-OH is 3. The molecule has 0 aliphatic carbocycles. The minimum atomic E-state index is -1.23. The van der Waals surface area contributed by atoms with E-state index in [0.717, 1.165) is 0 Å². The monoisotopic (exact) mass is 325 g/mol. The molecule has 9 heteroatoms. The molecular weight excluding hydrogens is 298 g/mol. The van der Waals surface area contributed by atoms with Crippen LogP contribution in [0.1, 0.15) is 0 Å². The molecule has 0 aromatic carbocycles. The summed E-state index contributed by atoms with van der Waals surface area (Å²) in [6, 6.07) is 0. The quantitative estimate of drug-likeness (QED) is 0.303. The average Bonchev–Trinajstić information content (AvgIpc) is 2.53. The number of rotatable bonds is 11. The molecule has 0 amide bonds. The largest absolute Gasteiger partial charge is 0.394 e. The molecule has 22 heavy (non-hydrogen) atoms. The van der Waals surface area contributed by atoms with Gasteiger partial charge in [0.15, 0.2) is 6.29 Å². The fourth-order valence-electron chi connectivity index (χ4n) is 2.07. The van der Waals surface area contributed by atoms with Gasteiger partial charge in [0.1, 0.15) is 24.4 Å². The third kappa shape index (κ3) is 6.03. The lowest BCUT2D eigenvalue weighted by Gasteiger charge is -2.41. The van der Waals surface area contributed by atoms with Crippen molar-refractivity contribution in [3.05, 3.63) is 0 Å². The maximum absolute atomic E-state index is 9.93. The first-order valence-corrected chi connectivity index (χ1v) is 7.28. The second kappa shape index (κ2) is 11.2. The van der Waals surface area contributed by atoms with Crippen molar-refractivity contribution in [2.45, 2.75) is 30.7 Å². The summed E-state index contributed by atoms with van der Waals surface area (Å²) in [7, 11) is 1.38. The van der Waals surface area contributed by atoms with E-state index in [1.807, 2.05) is 0 Å². The number of nitrogens with two attached hydrogens (primary N) is 1. The first-order chi connectivity index (χ1) is 10.7. The van der Waals surface area contributed by atoms with Crippen LogP contribution in [-0.4, -0.2) is 99.3 Å². The highest BCUT2D eigenvalue weighted by Gasteiger charge is 2.45. The van der Waals surface area contributed by atoms with E-state index in [0.29, 0.717) is 33.0 Å². The molecule has 1 saturated heterocycles.